The number of hydrogen-bond donors (Lipinski definition) is 1. The number of aryl methyl sites for hydroxylation is 1. The minimum atomic E-state index is -0.330. The Bertz CT molecular complexity index is 1090. The van der Waals surface area contributed by atoms with E-state index in [1.807, 2.05) is 24.0 Å². The molecule has 3 aromatic heterocycles. The molecule has 0 saturated carbocycles. The number of aromatic nitrogens is 3. The highest BCUT2D eigenvalue weighted by molar-refractivity contribution is 7.15. The van der Waals surface area contributed by atoms with Crippen LogP contribution in [0.4, 0.5) is 5.82 Å². The number of nitrogens with two attached hydrogens (primary N) is 1. The number of anilines is 1. The van der Waals surface area contributed by atoms with Crippen LogP contribution in [0.2, 0.25) is 0 Å². The number of pyridine rings is 1. The molecule has 0 bridgehead atoms. The van der Waals surface area contributed by atoms with Crippen LogP contribution in [-0.2, 0) is 16.8 Å². The van der Waals surface area contributed by atoms with Gasteiger partial charge in [-0.15, -0.1) is 11.3 Å². The fourth-order valence-corrected chi connectivity index (χ4v) is 5.50. The second-order valence-corrected chi connectivity index (χ2v) is 8.94. The van der Waals surface area contributed by atoms with E-state index in [0.717, 1.165) is 29.8 Å². The van der Waals surface area contributed by atoms with Crippen molar-refractivity contribution in [3.05, 3.63) is 58.5 Å². The number of likely N-dealkylation sites (tertiary alicyclic amines) is 1. The lowest BCUT2D eigenvalue weighted by Gasteiger charge is -2.44. The van der Waals surface area contributed by atoms with Gasteiger partial charge in [0.05, 0.1) is 28.3 Å². The smallest absolute Gasteiger partial charge is 0.256 e. The van der Waals surface area contributed by atoms with E-state index < -0.39 is 0 Å². The Labute approximate surface area is 178 Å². The molecule has 1 spiro atoms. The van der Waals surface area contributed by atoms with E-state index in [2.05, 4.69) is 21.0 Å². The molecule has 7 nitrogen and oxygen atoms in total. The van der Waals surface area contributed by atoms with Crippen LogP contribution in [0.5, 0.6) is 0 Å². The molecular weight excluding hydrogens is 398 g/mol. The number of carbonyl (C=O) groups is 1. The average molecular weight is 422 g/mol. The zero-order valence-electron chi connectivity index (χ0n) is 16.8. The van der Waals surface area contributed by atoms with E-state index in [0.29, 0.717) is 36.9 Å². The summed E-state index contributed by atoms with van der Waals surface area (Å²) in [7, 11) is 0. The summed E-state index contributed by atoms with van der Waals surface area (Å²) < 4.78 is 6.35. The molecule has 1 fully saturated rings. The maximum absolute atomic E-state index is 12.8. The quantitative estimate of drug-likeness (QED) is 0.683. The highest BCUT2D eigenvalue weighted by atomic mass is 32.1. The van der Waals surface area contributed by atoms with Crippen LogP contribution in [0, 0.1) is 6.92 Å². The Morgan fingerprint density at radius 3 is 2.73 bits per heavy atom. The third-order valence-corrected chi connectivity index (χ3v) is 7.13. The summed E-state index contributed by atoms with van der Waals surface area (Å²) >= 11 is 1.77. The first-order valence-corrected chi connectivity index (χ1v) is 10.9. The van der Waals surface area contributed by atoms with Gasteiger partial charge in [-0.2, -0.15) is 0 Å². The number of carbonyl (C=O) groups excluding carboxylic acids is 1. The zero-order chi connectivity index (χ0) is 20.7. The van der Waals surface area contributed by atoms with Gasteiger partial charge in [0.2, 0.25) is 0 Å². The van der Waals surface area contributed by atoms with Crippen molar-refractivity contribution in [1.82, 2.24) is 19.9 Å². The molecule has 0 atom stereocenters. The number of thiophene rings is 1. The summed E-state index contributed by atoms with van der Waals surface area (Å²) in [5.41, 5.74) is 8.23. The minimum Gasteiger partial charge on any atom is -0.384 e. The second-order valence-electron chi connectivity index (χ2n) is 7.80. The molecule has 0 radical (unpaired) electrons. The van der Waals surface area contributed by atoms with Crippen LogP contribution in [-0.4, -0.2) is 45.5 Å². The molecule has 30 heavy (non-hydrogen) atoms. The standard InChI is InChI=1S/C22H23N5O2S/c1-14-24-12-15(13-25-14)21(28)27-8-6-22(7-9-27)16-11-19(30-18(16)5-10-29-22)17-3-2-4-20(23)26-17/h2-4,11-13H,5-10H2,1H3,(H2,23,26). The molecule has 1 saturated heterocycles. The predicted octanol–water partition coefficient (Wildman–Crippen LogP) is 3.19. The molecule has 3 aromatic rings. The highest BCUT2D eigenvalue weighted by Gasteiger charge is 2.43. The number of fused-ring (bicyclic) bond motifs is 2. The van der Waals surface area contributed by atoms with Gasteiger partial charge < -0.3 is 15.4 Å². The number of piperidine rings is 1. The van der Waals surface area contributed by atoms with Crippen molar-refractivity contribution >= 4 is 23.1 Å². The van der Waals surface area contributed by atoms with Gasteiger partial charge >= 0.3 is 0 Å². The maximum Gasteiger partial charge on any atom is 0.256 e. The van der Waals surface area contributed by atoms with E-state index in [4.69, 9.17) is 10.5 Å². The summed E-state index contributed by atoms with van der Waals surface area (Å²) in [6.07, 6.45) is 5.67. The van der Waals surface area contributed by atoms with Gasteiger partial charge in [0, 0.05) is 36.8 Å². The van der Waals surface area contributed by atoms with Gasteiger partial charge in [0.15, 0.2) is 0 Å². The fraction of sp³-hybridized carbons (Fsp3) is 0.364. The van der Waals surface area contributed by atoms with Crippen molar-refractivity contribution < 1.29 is 9.53 Å². The third-order valence-electron chi connectivity index (χ3n) is 5.92. The summed E-state index contributed by atoms with van der Waals surface area (Å²) in [6.45, 7) is 3.81. The Hall–Kier alpha value is -2.84. The Morgan fingerprint density at radius 2 is 2.00 bits per heavy atom. The molecule has 0 aliphatic carbocycles. The minimum absolute atomic E-state index is 0.0177. The van der Waals surface area contributed by atoms with Crippen molar-refractivity contribution in [3.63, 3.8) is 0 Å². The van der Waals surface area contributed by atoms with Gasteiger partial charge in [-0.1, -0.05) is 6.07 Å². The van der Waals surface area contributed by atoms with Gasteiger partial charge in [-0.3, -0.25) is 4.79 Å². The van der Waals surface area contributed by atoms with Crippen LogP contribution >= 0.6 is 11.3 Å². The number of amides is 1. The Morgan fingerprint density at radius 1 is 1.23 bits per heavy atom. The molecule has 5 heterocycles. The van der Waals surface area contributed by atoms with Crippen molar-refractivity contribution in [2.24, 2.45) is 0 Å². The molecule has 0 unspecified atom stereocenters. The molecule has 2 N–H and O–H groups in total. The second kappa shape index (κ2) is 7.45. The van der Waals surface area contributed by atoms with Crippen molar-refractivity contribution in [2.75, 3.05) is 25.4 Å². The highest BCUT2D eigenvalue weighted by Crippen LogP contribution is 2.46. The SMILES string of the molecule is Cc1ncc(C(=O)N2CCC3(CC2)OCCc2sc(-c4cccc(N)n4)cc23)cn1. The molecule has 1 amide bonds. The van der Waals surface area contributed by atoms with Crippen LogP contribution in [0.1, 0.15) is 39.5 Å². The largest absolute Gasteiger partial charge is 0.384 e. The number of rotatable bonds is 2. The van der Waals surface area contributed by atoms with Crippen LogP contribution in [0.25, 0.3) is 10.6 Å². The lowest BCUT2D eigenvalue weighted by Crippen LogP contribution is -2.48. The molecule has 2 aliphatic rings. The fourth-order valence-electron chi connectivity index (χ4n) is 4.30. The van der Waals surface area contributed by atoms with E-state index in [-0.39, 0.29) is 11.5 Å². The van der Waals surface area contributed by atoms with Crippen molar-refractivity contribution in [1.29, 1.82) is 0 Å². The van der Waals surface area contributed by atoms with Gasteiger partial charge in [-0.25, -0.2) is 15.0 Å². The topological polar surface area (TPSA) is 94.2 Å². The Kier molecular flexibility index (Phi) is 4.75. The van der Waals surface area contributed by atoms with Crippen molar-refractivity contribution in [3.8, 4) is 10.6 Å². The monoisotopic (exact) mass is 421 g/mol. The number of nitrogen functional groups attached to an aromatic ring is 1. The first-order chi connectivity index (χ1) is 14.5. The van der Waals surface area contributed by atoms with E-state index in [1.54, 1.807) is 29.8 Å². The lowest BCUT2D eigenvalue weighted by molar-refractivity contribution is -0.0926. The maximum atomic E-state index is 12.8. The number of hydrogen-bond acceptors (Lipinski definition) is 7. The molecule has 154 valence electrons. The zero-order valence-corrected chi connectivity index (χ0v) is 17.6. The molecule has 0 aromatic carbocycles. The van der Waals surface area contributed by atoms with E-state index in [1.165, 1.54) is 10.4 Å². The summed E-state index contributed by atoms with van der Waals surface area (Å²) in [5, 5.41) is 0. The van der Waals surface area contributed by atoms with Crippen LogP contribution in [0.3, 0.4) is 0 Å². The Balaban J connectivity index is 1.37. The molecule has 8 heteroatoms. The van der Waals surface area contributed by atoms with Gasteiger partial charge in [0.1, 0.15) is 11.6 Å². The lowest BCUT2D eigenvalue weighted by atomic mass is 9.82. The first kappa shape index (κ1) is 19.1. The van der Waals surface area contributed by atoms with E-state index >= 15 is 0 Å². The van der Waals surface area contributed by atoms with Gasteiger partial charge in [0.25, 0.3) is 5.91 Å². The average Bonchev–Trinajstić information content (AvgIpc) is 3.21. The van der Waals surface area contributed by atoms with Crippen LogP contribution < -0.4 is 5.73 Å². The van der Waals surface area contributed by atoms with Gasteiger partial charge in [-0.05, 0) is 43.5 Å². The van der Waals surface area contributed by atoms with Crippen LogP contribution in [0.15, 0.2) is 36.7 Å². The molecule has 5 rings (SSSR count). The van der Waals surface area contributed by atoms with E-state index in [9.17, 15) is 4.79 Å². The predicted molar refractivity (Wildman–Crippen MR) is 115 cm³/mol. The molecular formula is C22H23N5O2S. The summed E-state index contributed by atoms with van der Waals surface area (Å²) in [6, 6.07) is 7.94. The number of nitrogens with zero attached hydrogens (tertiary/aromatic N) is 4. The number of ether oxygens (including phenoxy) is 1. The molecule has 2 aliphatic heterocycles. The third kappa shape index (κ3) is 3.36. The van der Waals surface area contributed by atoms with Crippen molar-refractivity contribution in [2.45, 2.75) is 31.8 Å². The first-order valence-electron chi connectivity index (χ1n) is 10.1. The summed E-state index contributed by atoms with van der Waals surface area (Å²) in [4.78, 5) is 30.0. The normalized spacial score (nSPS) is 17.7. The summed E-state index contributed by atoms with van der Waals surface area (Å²) in [5.74, 6) is 1.17.